The second-order valence-corrected chi connectivity index (χ2v) is 5.99. The van der Waals surface area contributed by atoms with Crippen molar-refractivity contribution < 1.29 is 14.6 Å². The number of hydrogen-bond donors (Lipinski definition) is 3. The minimum Gasteiger partial charge on any atom is -0.504 e. The zero-order valence-electron chi connectivity index (χ0n) is 13.2. The van der Waals surface area contributed by atoms with Gasteiger partial charge in [0.15, 0.2) is 16.6 Å². The Morgan fingerprint density at radius 1 is 1.28 bits per heavy atom. The molecule has 4 rings (SSSR count). The molecule has 2 aromatic carbocycles. The van der Waals surface area contributed by atoms with Gasteiger partial charge in [-0.1, -0.05) is 6.07 Å². The minimum absolute atomic E-state index is 0.0340. The number of imidazole rings is 1. The second-order valence-electron chi connectivity index (χ2n) is 5.60. The number of hydrogen-bond acceptors (Lipinski definition) is 5. The summed E-state index contributed by atoms with van der Waals surface area (Å²) in [6, 6.07) is 9.78. The third-order valence-electron chi connectivity index (χ3n) is 4.16. The number of methoxy groups -OCH3 is 1. The minimum atomic E-state index is -0.680. The number of carbonyl (C=O) groups excluding carboxylic acids is 1. The number of nitrogens with zero attached hydrogens (tertiary/aromatic N) is 2. The Bertz CT molecular complexity index is 1000. The number of ether oxygens (including phenoxy) is 1. The molecule has 1 atom stereocenters. The third-order valence-corrected chi connectivity index (χ3v) is 4.46. The molecule has 7 nitrogen and oxygen atoms in total. The number of thiocarbonyl (C=S) groups is 1. The van der Waals surface area contributed by atoms with Crippen molar-refractivity contribution in [3.8, 4) is 11.5 Å². The van der Waals surface area contributed by atoms with E-state index in [4.69, 9.17) is 17.0 Å². The van der Waals surface area contributed by atoms with Crippen molar-refractivity contribution in [2.75, 3.05) is 12.0 Å². The van der Waals surface area contributed by atoms with Gasteiger partial charge in [0.2, 0.25) is 0 Å². The molecule has 2 heterocycles. The Hall–Kier alpha value is -3.13. The molecule has 1 aliphatic heterocycles. The molecule has 0 spiro atoms. The lowest BCUT2D eigenvalue weighted by Gasteiger charge is -2.24. The first-order valence-corrected chi connectivity index (χ1v) is 7.93. The van der Waals surface area contributed by atoms with Crippen LogP contribution in [0, 0.1) is 0 Å². The SMILES string of the molecule is COc1ccc(C2C(=O)NC(=S)N2c2ccc3[nH]cnc3c2)cc1O. The summed E-state index contributed by atoms with van der Waals surface area (Å²) in [5.41, 5.74) is 3.02. The van der Waals surface area contributed by atoms with Crippen molar-refractivity contribution in [1.29, 1.82) is 0 Å². The molecule has 0 aliphatic carbocycles. The molecule has 1 aromatic heterocycles. The van der Waals surface area contributed by atoms with Gasteiger partial charge in [-0.05, 0) is 48.1 Å². The van der Waals surface area contributed by atoms with E-state index in [2.05, 4.69) is 15.3 Å². The monoisotopic (exact) mass is 354 g/mol. The van der Waals surface area contributed by atoms with E-state index in [9.17, 15) is 9.90 Å². The Morgan fingerprint density at radius 3 is 2.88 bits per heavy atom. The second kappa shape index (κ2) is 5.75. The molecule has 1 unspecified atom stereocenters. The first-order chi connectivity index (χ1) is 12.1. The van der Waals surface area contributed by atoms with Crippen LogP contribution in [0.3, 0.4) is 0 Å². The molecule has 3 N–H and O–H groups in total. The van der Waals surface area contributed by atoms with Crippen LogP contribution in [0.15, 0.2) is 42.7 Å². The first-order valence-electron chi connectivity index (χ1n) is 7.52. The van der Waals surface area contributed by atoms with E-state index in [1.165, 1.54) is 13.2 Å². The number of H-pyrrole nitrogens is 1. The number of fused-ring (bicyclic) bond motifs is 1. The lowest BCUT2D eigenvalue weighted by Crippen LogP contribution is -2.29. The van der Waals surface area contributed by atoms with E-state index in [0.717, 1.165) is 16.7 Å². The number of anilines is 1. The fourth-order valence-corrected chi connectivity index (χ4v) is 3.29. The van der Waals surface area contributed by atoms with Gasteiger partial charge in [0.25, 0.3) is 5.91 Å². The first kappa shape index (κ1) is 15.4. The number of aromatic nitrogens is 2. The normalized spacial score (nSPS) is 17.2. The number of phenolic OH excluding ortho intramolecular Hbond substituents is 1. The molecule has 1 fully saturated rings. The van der Waals surface area contributed by atoms with E-state index in [1.807, 2.05) is 18.2 Å². The van der Waals surface area contributed by atoms with E-state index >= 15 is 0 Å². The van der Waals surface area contributed by atoms with Crippen molar-refractivity contribution in [2.45, 2.75) is 6.04 Å². The predicted octanol–water partition coefficient (Wildman–Crippen LogP) is 2.24. The zero-order valence-corrected chi connectivity index (χ0v) is 14.0. The van der Waals surface area contributed by atoms with Crippen LogP contribution in [0.2, 0.25) is 0 Å². The molecule has 126 valence electrons. The van der Waals surface area contributed by atoms with Gasteiger partial charge in [-0.15, -0.1) is 0 Å². The van der Waals surface area contributed by atoms with Crippen LogP contribution in [0.5, 0.6) is 11.5 Å². The van der Waals surface area contributed by atoms with Crippen LogP contribution in [-0.4, -0.2) is 33.2 Å². The number of aromatic amines is 1. The Balaban J connectivity index is 1.80. The summed E-state index contributed by atoms with van der Waals surface area (Å²) >= 11 is 5.34. The summed E-state index contributed by atoms with van der Waals surface area (Å²) in [5.74, 6) is 0.0548. The van der Waals surface area contributed by atoms with Gasteiger partial charge in [-0.2, -0.15) is 0 Å². The lowest BCUT2D eigenvalue weighted by molar-refractivity contribution is -0.119. The van der Waals surface area contributed by atoms with Crippen LogP contribution < -0.4 is 15.0 Å². The average Bonchev–Trinajstić information content (AvgIpc) is 3.17. The molecule has 8 heteroatoms. The van der Waals surface area contributed by atoms with Crippen LogP contribution in [-0.2, 0) is 4.79 Å². The fraction of sp³-hybridized carbons (Fsp3) is 0.118. The topological polar surface area (TPSA) is 90.5 Å². The zero-order chi connectivity index (χ0) is 17.6. The quantitative estimate of drug-likeness (QED) is 0.625. The summed E-state index contributed by atoms with van der Waals surface area (Å²) in [4.78, 5) is 21.5. The number of benzene rings is 2. The van der Waals surface area contributed by atoms with Crippen LogP contribution >= 0.6 is 12.2 Å². The van der Waals surface area contributed by atoms with Crippen molar-refractivity contribution in [2.24, 2.45) is 0 Å². The fourth-order valence-electron chi connectivity index (χ4n) is 2.98. The smallest absolute Gasteiger partial charge is 0.253 e. The molecule has 25 heavy (non-hydrogen) atoms. The van der Waals surface area contributed by atoms with Gasteiger partial charge in [-0.3, -0.25) is 4.79 Å². The number of amides is 1. The third kappa shape index (κ3) is 2.47. The van der Waals surface area contributed by atoms with Crippen molar-refractivity contribution >= 4 is 40.0 Å². The molecular formula is C17H14N4O3S. The standard InChI is InChI=1S/C17H14N4O3S/c1-24-14-5-2-9(6-13(14)22)15-16(23)20-17(25)21(15)10-3-4-11-12(7-10)19-8-18-11/h2-8,15,22H,1H3,(H,18,19)(H,20,23,25). The van der Waals surface area contributed by atoms with Gasteiger partial charge in [0.05, 0.1) is 24.5 Å². The molecular weight excluding hydrogens is 340 g/mol. The number of aromatic hydroxyl groups is 1. The Kier molecular flexibility index (Phi) is 3.54. The predicted molar refractivity (Wildman–Crippen MR) is 96.7 cm³/mol. The summed E-state index contributed by atoms with van der Waals surface area (Å²) in [6.07, 6.45) is 1.61. The van der Waals surface area contributed by atoms with Crippen molar-refractivity contribution in [3.05, 3.63) is 48.3 Å². The molecule has 1 aliphatic rings. The van der Waals surface area contributed by atoms with Crippen LogP contribution in [0.25, 0.3) is 11.0 Å². The molecule has 0 bridgehead atoms. The largest absolute Gasteiger partial charge is 0.504 e. The number of rotatable bonds is 3. The van der Waals surface area contributed by atoms with E-state index in [-0.39, 0.29) is 11.7 Å². The number of phenols is 1. The van der Waals surface area contributed by atoms with E-state index in [1.54, 1.807) is 23.4 Å². The van der Waals surface area contributed by atoms with Crippen LogP contribution in [0.4, 0.5) is 5.69 Å². The van der Waals surface area contributed by atoms with Gasteiger partial charge in [-0.25, -0.2) is 4.98 Å². The number of carbonyl (C=O) groups is 1. The molecule has 0 saturated carbocycles. The maximum Gasteiger partial charge on any atom is 0.253 e. The highest BCUT2D eigenvalue weighted by molar-refractivity contribution is 7.80. The highest BCUT2D eigenvalue weighted by atomic mass is 32.1. The lowest BCUT2D eigenvalue weighted by atomic mass is 10.0. The highest BCUT2D eigenvalue weighted by Crippen LogP contribution is 2.36. The van der Waals surface area contributed by atoms with Crippen molar-refractivity contribution in [3.63, 3.8) is 0 Å². The summed E-state index contributed by atoms with van der Waals surface area (Å²) in [6.45, 7) is 0. The summed E-state index contributed by atoms with van der Waals surface area (Å²) in [7, 11) is 1.47. The van der Waals surface area contributed by atoms with Crippen molar-refractivity contribution in [1.82, 2.24) is 15.3 Å². The molecule has 0 radical (unpaired) electrons. The Morgan fingerprint density at radius 2 is 2.12 bits per heavy atom. The van der Waals surface area contributed by atoms with Gasteiger partial charge >= 0.3 is 0 Å². The molecule has 1 saturated heterocycles. The van der Waals surface area contributed by atoms with E-state index < -0.39 is 6.04 Å². The summed E-state index contributed by atoms with van der Waals surface area (Å²) < 4.78 is 5.06. The Labute approximate surface area is 148 Å². The highest BCUT2D eigenvalue weighted by Gasteiger charge is 2.38. The molecule has 3 aromatic rings. The van der Waals surface area contributed by atoms with Gasteiger partial charge in [0, 0.05) is 5.69 Å². The molecule has 1 amide bonds. The number of nitrogens with one attached hydrogen (secondary N) is 2. The van der Waals surface area contributed by atoms with E-state index in [0.29, 0.717) is 16.4 Å². The maximum atomic E-state index is 12.5. The summed E-state index contributed by atoms with van der Waals surface area (Å²) in [5, 5.41) is 13.0. The van der Waals surface area contributed by atoms with Gasteiger partial charge in [0.1, 0.15) is 6.04 Å². The van der Waals surface area contributed by atoms with Crippen LogP contribution in [0.1, 0.15) is 11.6 Å². The van der Waals surface area contributed by atoms with Gasteiger partial charge < -0.3 is 25.0 Å². The maximum absolute atomic E-state index is 12.5. The average molecular weight is 354 g/mol.